The van der Waals surface area contributed by atoms with Gasteiger partial charge in [0.15, 0.2) is 6.04 Å². The van der Waals surface area contributed by atoms with Gasteiger partial charge < -0.3 is 25.2 Å². The Bertz CT molecular complexity index is 1010. The second-order valence-corrected chi connectivity index (χ2v) is 8.82. The highest BCUT2D eigenvalue weighted by molar-refractivity contribution is 5.88. The Morgan fingerprint density at radius 3 is 2.12 bits per heavy atom. The van der Waals surface area contributed by atoms with Crippen molar-refractivity contribution in [2.45, 2.75) is 45.3 Å². The quantitative estimate of drug-likeness (QED) is 0.491. The lowest BCUT2D eigenvalue weighted by atomic mass is 9.86. The third-order valence-electron chi connectivity index (χ3n) is 6.69. The van der Waals surface area contributed by atoms with Crippen molar-refractivity contribution in [3.05, 3.63) is 59.7 Å². The first kappa shape index (κ1) is 25.2. The Kier molecular flexibility index (Phi) is 7.94. The van der Waals surface area contributed by atoms with Gasteiger partial charge in [0.05, 0.1) is 11.5 Å². The second-order valence-electron chi connectivity index (χ2n) is 8.82. The summed E-state index contributed by atoms with van der Waals surface area (Å²) < 4.78 is 10.6. The summed E-state index contributed by atoms with van der Waals surface area (Å²) in [5, 5.41) is 14.6. The standard InChI is InChI=1S/C26H32N2O6/c1-5-26(3,24(31)28-22(23(29)30)16(2)33-4)15-27-25(32)34-14-21-19-12-8-6-10-17(19)18-11-7-9-13-20(18)21/h6-13,16,21-22H,5,14-15H2,1-4H3,(H,27,32)(H,28,31)(H,29,30). The summed E-state index contributed by atoms with van der Waals surface area (Å²) >= 11 is 0. The SMILES string of the molecule is CCC(C)(CNC(=O)OCC1c2ccccc2-c2ccccc21)C(=O)NC(C(=O)O)C(C)OC. The number of fused-ring (bicyclic) bond motifs is 3. The van der Waals surface area contributed by atoms with Crippen molar-refractivity contribution in [1.29, 1.82) is 0 Å². The van der Waals surface area contributed by atoms with Gasteiger partial charge in [-0.3, -0.25) is 4.79 Å². The van der Waals surface area contributed by atoms with E-state index in [4.69, 9.17) is 9.47 Å². The number of aliphatic carboxylic acids is 1. The molecular formula is C26H32N2O6. The zero-order chi connectivity index (χ0) is 24.9. The van der Waals surface area contributed by atoms with Crippen LogP contribution in [0.4, 0.5) is 4.79 Å². The third-order valence-corrected chi connectivity index (χ3v) is 6.69. The smallest absolute Gasteiger partial charge is 0.407 e. The normalized spacial score (nSPS) is 15.9. The Morgan fingerprint density at radius 2 is 1.62 bits per heavy atom. The predicted molar refractivity (Wildman–Crippen MR) is 128 cm³/mol. The van der Waals surface area contributed by atoms with Crippen LogP contribution < -0.4 is 10.6 Å². The average molecular weight is 469 g/mol. The number of carbonyl (C=O) groups excluding carboxylic acids is 2. The fraction of sp³-hybridized carbons (Fsp3) is 0.423. The molecule has 2 aromatic rings. The molecule has 182 valence electrons. The van der Waals surface area contributed by atoms with Gasteiger partial charge in [0.2, 0.25) is 5.91 Å². The van der Waals surface area contributed by atoms with Gasteiger partial charge in [-0.25, -0.2) is 9.59 Å². The minimum Gasteiger partial charge on any atom is -0.480 e. The number of hydrogen-bond acceptors (Lipinski definition) is 5. The van der Waals surface area contributed by atoms with Crippen molar-refractivity contribution in [3.63, 3.8) is 0 Å². The van der Waals surface area contributed by atoms with Crippen LogP contribution in [0.25, 0.3) is 11.1 Å². The maximum atomic E-state index is 12.9. The molecule has 0 saturated carbocycles. The molecule has 8 heteroatoms. The Hall–Kier alpha value is -3.39. The lowest BCUT2D eigenvalue weighted by molar-refractivity contribution is -0.147. The minimum atomic E-state index is -1.20. The van der Waals surface area contributed by atoms with Crippen LogP contribution in [0.2, 0.25) is 0 Å². The average Bonchev–Trinajstić information content (AvgIpc) is 3.17. The minimum absolute atomic E-state index is 0.000288. The molecule has 34 heavy (non-hydrogen) atoms. The zero-order valence-electron chi connectivity index (χ0n) is 20.0. The van der Waals surface area contributed by atoms with Crippen LogP contribution in [-0.2, 0) is 19.1 Å². The topological polar surface area (TPSA) is 114 Å². The van der Waals surface area contributed by atoms with Crippen LogP contribution in [0.15, 0.2) is 48.5 Å². The van der Waals surface area contributed by atoms with Crippen LogP contribution in [0.1, 0.15) is 44.2 Å². The van der Waals surface area contributed by atoms with Crippen molar-refractivity contribution in [2.24, 2.45) is 5.41 Å². The number of amides is 2. The van der Waals surface area contributed by atoms with E-state index in [0.29, 0.717) is 6.42 Å². The number of hydrogen-bond donors (Lipinski definition) is 3. The fourth-order valence-electron chi connectivity index (χ4n) is 4.11. The molecule has 3 N–H and O–H groups in total. The highest BCUT2D eigenvalue weighted by atomic mass is 16.5. The number of carboxylic acids is 1. The van der Waals surface area contributed by atoms with E-state index in [1.165, 1.54) is 7.11 Å². The first-order valence-corrected chi connectivity index (χ1v) is 11.4. The number of nitrogens with one attached hydrogen (secondary N) is 2. The highest BCUT2D eigenvalue weighted by Gasteiger charge is 2.37. The van der Waals surface area contributed by atoms with Gasteiger partial charge in [0, 0.05) is 19.6 Å². The van der Waals surface area contributed by atoms with Crippen molar-refractivity contribution in [3.8, 4) is 11.1 Å². The van der Waals surface area contributed by atoms with Gasteiger partial charge in [0.1, 0.15) is 6.61 Å². The van der Waals surface area contributed by atoms with E-state index in [1.54, 1.807) is 20.8 Å². The molecule has 1 aliphatic rings. The maximum absolute atomic E-state index is 12.9. The number of alkyl carbamates (subject to hydrolysis) is 1. The molecule has 3 rings (SSSR count). The molecule has 3 atom stereocenters. The van der Waals surface area contributed by atoms with E-state index in [2.05, 4.69) is 22.8 Å². The monoisotopic (exact) mass is 468 g/mol. The molecule has 0 heterocycles. The van der Waals surface area contributed by atoms with Gasteiger partial charge >= 0.3 is 12.1 Å². The molecule has 3 unspecified atom stereocenters. The molecule has 1 aliphatic carbocycles. The zero-order valence-corrected chi connectivity index (χ0v) is 20.0. The van der Waals surface area contributed by atoms with E-state index in [9.17, 15) is 19.5 Å². The summed E-state index contributed by atoms with van der Waals surface area (Å²) in [4.78, 5) is 36.9. The molecule has 2 amide bonds. The number of benzene rings is 2. The Labute approximate surface area is 199 Å². The van der Waals surface area contributed by atoms with Gasteiger partial charge in [0.25, 0.3) is 0 Å². The molecule has 0 saturated heterocycles. The Balaban J connectivity index is 1.61. The molecule has 0 spiro atoms. The van der Waals surface area contributed by atoms with Crippen LogP contribution in [0.5, 0.6) is 0 Å². The number of methoxy groups -OCH3 is 1. The van der Waals surface area contributed by atoms with Gasteiger partial charge in [-0.15, -0.1) is 0 Å². The van der Waals surface area contributed by atoms with Crippen molar-refractivity contribution >= 4 is 18.0 Å². The molecule has 0 aliphatic heterocycles. The molecule has 8 nitrogen and oxygen atoms in total. The van der Waals surface area contributed by atoms with Crippen molar-refractivity contribution in [1.82, 2.24) is 10.6 Å². The number of rotatable bonds is 10. The van der Waals surface area contributed by atoms with E-state index in [1.807, 2.05) is 36.4 Å². The first-order valence-electron chi connectivity index (χ1n) is 11.4. The summed E-state index contributed by atoms with van der Waals surface area (Å²) in [6.45, 7) is 5.20. The fourth-order valence-corrected chi connectivity index (χ4v) is 4.11. The summed E-state index contributed by atoms with van der Waals surface area (Å²) in [5.41, 5.74) is 3.48. The molecular weight excluding hydrogens is 436 g/mol. The number of ether oxygens (including phenoxy) is 2. The van der Waals surface area contributed by atoms with Gasteiger partial charge in [-0.1, -0.05) is 55.5 Å². The van der Waals surface area contributed by atoms with E-state index < -0.39 is 35.5 Å². The molecule has 0 fully saturated rings. The van der Waals surface area contributed by atoms with Crippen LogP contribution in [0, 0.1) is 5.41 Å². The van der Waals surface area contributed by atoms with Gasteiger partial charge in [-0.2, -0.15) is 0 Å². The summed E-state index contributed by atoms with van der Waals surface area (Å²) in [7, 11) is 1.38. The molecule has 0 bridgehead atoms. The first-order chi connectivity index (χ1) is 16.2. The van der Waals surface area contributed by atoms with Gasteiger partial charge in [-0.05, 0) is 42.5 Å². The van der Waals surface area contributed by atoms with E-state index in [0.717, 1.165) is 22.3 Å². The molecule has 0 radical (unpaired) electrons. The van der Waals surface area contributed by atoms with Crippen LogP contribution in [-0.4, -0.2) is 55.5 Å². The number of carbonyl (C=O) groups is 3. The lowest BCUT2D eigenvalue weighted by Crippen LogP contribution is -2.54. The van der Waals surface area contributed by atoms with Crippen molar-refractivity contribution in [2.75, 3.05) is 20.3 Å². The molecule has 2 aromatic carbocycles. The Morgan fingerprint density at radius 1 is 1.06 bits per heavy atom. The van der Waals surface area contributed by atoms with E-state index >= 15 is 0 Å². The second kappa shape index (κ2) is 10.7. The third kappa shape index (κ3) is 5.22. The van der Waals surface area contributed by atoms with Crippen LogP contribution in [0.3, 0.4) is 0 Å². The molecule has 0 aromatic heterocycles. The summed E-state index contributed by atoms with van der Waals surface area (Å²) in [6.07, 6.45) is -0.956. The van der Waals surface area contributed by atoms with Crippen molar-refractivity contribution < 1.29 is 29.0 Å². The van der Waals surface area contributed by atoms with Crippen LogP contribution >= 0.6 is 0 Å². The summed E-state index contributed by atoms with van der Waals surface area (Å²) in [5.74, 6) is -1.73. The number of carboxylic acid groups (broad SMARTS) is 1. The largest absolute Gasteiger partial charge is 0.480 e. The predicted octanol–water partition coefficient (Wildman–Crippen LogP) is 3.55. The summed E-state index contributed by atoms with van der Waals surface area (Å²) in [6, 6.07) is 14.9. The maximum Gasteiger partial charge on any atom is 0.407 e. The van der Waals surface area contributed by atoms with E-state index in [-0.39, 0.29) is 19.1 Å². The highest BCUT2D eigenvalue weighted by Crippen LogP contribution is 2.44. The lowest BCUT2D eigenvalue weighted by Gasteiger charge is -2.30.